The van der Waals surface area contributed by atoms with Gasteiger partial charge in [0.2, 0.25) is 0 Å². The summed E-state index contributed by atoms with van der Waals surface area (Å²) >= 11 is 2.80. The number of nitrogens with zero attached hydrogens (tertiary/aromatic N) is 1. The van der Waals surface area contributed by atoms with Crippen LogP contribution in [0.4, 0.5) is 13.2 Å². The molecular weight excluding hydrogens is 307 g/mol. The molecule has 0 bridgehead atoms. The van der Waals surface area contributed by atoms with Crippen molar-refractivity contribution in [1.29, 1.82) is 5.26 Å². The average Bonchev–Trinajstić information content (AvgIpc) is 2.13. The van der Waals surface area contributed by atoms with Gasteiger partial charge in [0.25, 0.3) is 0 Å². The number of rotatable bonds is 2. The van der Waals surface area contributed by atoms with Crippen LogP contribution in [0.5, 0.6) is 5.75 Å². The van der Waals surface area contributed by atoms with Crippen molar-refractivity contribution in [3.05, 3.63) is 27.7 Å². The topological polar surface area (TPSA) is 70.3 Å². The van der Waals surface area contributed by atoms with Crippen LogP contribution in [0.25, 0.3) is 0 Å². The lowest BCUT2D eigenvalue weighted by atomic mass is 10.1. The van der Waals surface area contributed by atoms with Crippen LogP contribution in [0.15, 0.2) is 16.6 Å². The van der Waals surface area contributed by atoms with Crippen molar-refractivity contribution < 1.29 is 27.8 Å². The SMILES string of the molecule is N#Cc1c(Br)cc(OC(F)(F)F)cc1C(=O)O. The molecule has 0 heterocycles. The molecule has 1 N–H and O–H groups in total. The summed E-state index contributed by atoms with van der Waals surface area (Å²) in [4.78, 5) is 10.7. The van der Waals surface area contributed by atoms with Crippen molar-refractivity contribution in [3.63, 3.8) is 0 Å². The number of carboxylic acid groups (broad SMARTS) is 1. The Hall–Kier alpha value is -1.75. The molecule has 1 rings (SSSR count). The van der Waals surface area contributed by atoms with Crippen molar-refractivity contribution in [2.24, 2.45) is 0 Å². The van der Waals surface area contributed by atoms with Crippen molar-refractivity contribution in [1.82, 2.24) is 0 Å². The zero-order chi connectivity index (χ0) is 13.2. The van der Waals surface area contributed by atoms with Crippen LogP contribution in [0.1, 0.15) is 15.9 Å². The molecule has 0 unspecified atom stereocenters. The van der Waals surface area contributed by atoms with Crippen molar-refractivity contribution in [2.75, 3.05) is 0 Å². The first kappa shape index (κ1) is 13.3. The number of benzene rings is 1. The number of halogens is 4. The van der Waals surface area contributed by atoms with Gasteiger partial charge in [0.05, 0.1) is 11.1 Å². The Morgan fingerprint density at radius 1 is 1.47 bits per heavy atom. The van der Waals surface area contributed by atoms with Crippen LogP contribution < -0.4 is 4.74 Å². The quantitative estimate of drug-likeness (QED) is 0.912. The lowest BCUT2D eigenvalue weighted by Crippen LogP contribution is -2.17. The van der Waals surface area contributed by atoms with Crippen LogP contribution >= 0.6 is 15.9 Å². The highest BCUT2D eigenvalue weighted by atomic mass is 79.9. The minimum atomic E-state index is -4.93. The van der Waals surface area contributed by atoms with Gasteiger partial charge in [0.1, 0.15) is 11.8 Å². The van der Waals surface area contributed by atoms with Gasteiger partial charge < -0.3 is 9.84 Å². The molecule has 1 aromatic carbocycles. The Kier molecular flexibility index (Phi) is 3.63. The van der Waals surface area contributed by atoms with E-state index in [2.05, 4.69) is 20.7 Å². The Morgan fingerprint density at radius 3 is 2.47 bits per heavy atom. The van der Waals surface area contributed by atoms with E-state index in [1.807, 2.05) is 0 Å². The van der Waals surface area contributed by atoms with Gasteiger partial charge >= 0.3 is 12.3 Å². The maximum atomic E-state index is 11.9. The number of hydrogen-bond acceptors (Lipinski definition) is 3. The van der Waals surface area contributed by atoms with Gasteiger partial charge in [-0.2, -0.15) is 5.26 Å². The van der Waals surface area contributed by atoms with E-state index in [1.165, 1.54) is 0 Å². The van der Waals surface area contributed by atoms with Crippen molar-refractivity contribution >= 4 is 21.9 Å². The third-order valence-electron chi connectivity index (χ3n) is 1.64. The third kappa shape index (κ3) is 3.35. The lowest BCUT2D eigenvalue weighted by Gasteiger charge is -2.10. The van der Waals surface area contributed by atoms with Crippen molar-refractivity contribution in [3.8, 4) is 11.8 Å². The Morgan fingerprint density at radius 2 is 2.06 bits per heavy atom. The zero-order valence-electron chi connectivity index (χ0n) is 7.88. The van der Waals surface area contributed by atoms with Gasteiger partial charge in [-0.1, -0.05) is 0 Å². The molecule has 0 fully saturated rings. The third-order valence-corrected chi connectivity index (χ3v) is 2.26. The second-order valence-electron chi connectivity index (χ2n) is 2.79. The molecule has 0 radical (unpaired) electrons. The summed E-state index contributed by atoms with van der Waals surface area (Å²) in [6.07, 6.45) is -4.93. The monoisotopic (exact) mass is 309 g/mol. The van der Waals surface area contributed by atoms with E-state index < -0.39 is 23.6 Å². The molecule has 0 saturated carbocycles. The van der Waals surface area contributed by atoms with Gasteiger partial charge in [-0.15, -0.1) is 13.2 Å². The molecule has 0 aliphatic heterocycles. The number of ether oxygens (including phenoxy) is 1. The summed E-state index contributed by atoms with van der Waals surface area (Å²) < 4.78 is 39.3. The van der Waals surface area contributed by atoms with E-state index in [0.29, 0.717) is 6.07 Å². The first-order valence-corrected chi connectivity index (χ1v) is 4.76. The predicted molar refractivity (Wildman–Crippen MR) is 52.5 cm³/mol. The highest BCUT2D eigenvalue weighted by Gasteiger charge is 2.32. The fourth-order valence-electron chi connectivity index (χ4n) is 1.06. The average molecular weight is 310 g/mol. The number of hydrogen-bond donors (Lipinski definition) is 1. The summed E-state index contributed by atoms with van der Waals surface area (Å²) in [5, 5.41) is 17.4. The second-order valence-corrected chi connectivity index (χ2v) is 3.65. The van der Waals surface area contributed by atoms with Crippen LogP contribution in [0.3, 0.4) is 0 Å². The van der Waals surface area contributed by atoms with Crippen LogP contribution in [0, 0.1) is 11.3 Å². The number of nitriles is 1. The zero-order valence-corrected chi connectivity index (χ0v) is 9.46. The lowest BCUT2D eigenvalue weighted by molar-refractivity contribution is -0.274. The number of carbonyl (C=O) groups is 1. The Balaban J connectivity index is 3.31. The summed E-state index contributed by atoms with van der Waals surface area (Å²) in [5.41, 5.74) is -0.840. The molecule has 0 atom stereocenters. The molecular formula is C9H3BrF3NO3. The van der Waals surface area contributed by atoms with Crippen molar-refractivity contribution in [2.45, 2.75) is 6.36 Å². The van der Waals surface area contributed by atoms with Gasteiger partial charge in [0.15, 0.2) is 0 Å². The molecule has 1 aromatic rings. The van der Waals surface area contributed by atoms with Gasteiger partial charge in [0, 0.05) is 4.47 Å². The molecule has 0 amide bonds. The minimum absolute atomic E-state index is 0.0841. The minimum Gasteiger partial charge on any atom is -0.478 e. The summed E-state index contributed by atoms with van der Waals surface area (Å²) in [7, 11) is 0. The van der Waals surface area contributed by atoms with Gasteiger partial charge in [-0.25, -0.2) is 4.79 Å². The highest BCUT2D eigenvalue weighted by Crippen LogP contribution is 2.30. The van der Waals surface area contributed by atoms with Crippen LogP contribution in [0.2, 0.25) is 0 Å². The molecule has 8 heteroatoms. The summed E-state index contributed by atoms with van der Waals surface area (Å²) in [6.45, 7) is 0. The van der Waals surface area contributed by atoms with Gasteiger partial charge in [-0.3, -0.25) is 0 Å². The Labute approximate surface area is 101 Å². The maximum Gasteiger partial charge on any atom is 0.573 e. The molecule has 4 nitrogen and oxygen atoms in total. The highest BCUT2D eigenvalue weighted by molar-refractivity contribution is 9.10. The number of alkyl halides is 3. The van der Waals surface area contributed by atoms with Gasteiger partial charge in [-0.05, 0) is 28.1 Å². The maximum absolute atomic E-state index is 11.9. The normalized spacial score (nSPS) is 10.8. The number of aromatic carboxylic acids is 1. The van der Waals surface area contributed by atoms with E-state index in [9.17, 15) is 18.0 Å². The predicted octanol–water partition coefficient (Wildman–Crippen LogP) is 2.92. The van der Waals surface area contributed by atoms with E-state index in [1.54, 1.807) is 6.07 Å². The molecule has 0 aliphatic rings. The van der Waals surface area contributed by atoms with Crippen LogP contribution in [-0.4, -0.2) is 17.4 Å². The summed E-state index contributed by atoms with van der Waals surface area (Å²) in [5.74, 6) is -2.23. The second kappa shape index (κ2) is 4.63. The smallest absolute Gasteiger partial charge is 0.478 e. The molecule has 17 heavy (non-hydrogen) atoms. The Bertz CT molecular complexity index is 507. The standard InChI is InChI=1S/C9H3BrF3NO3/c10-7-2-4(17-9(11,12)13)1-5(8(15)16)6(7)3-14/h1-2H,(H,15,16). The summed E-state index contributed by atoms with van der Waals surface area (Å²) in [6, 6.07) is 3.08. The number of carboxylic acids is 1. The van der Waals surface area contributed by atoms with E-state index in [0.717, 1.165) is 6.07 Å². The molecule has 0 saturated heterocycles. The fraction of sp³-hybridized carbons (Fsp3) is 0.111. The van der Waals surface area contributed by atoms with Crippen LogP contribution in [-0.2, 0) is 0 Å². The first-order valence-electron chi connectivity index (χ1n) is 3.97. The van der Waals surface area contributed by atoms with E-state index >= 15 is 0 Å². The first-order chi connectivity index (χ1) is 7.74. The fourth-order valence-corrected chi connectivity index (χ4v) is 1.58. The van der Waals surface area contributed by atoms with E-state index in [-0.39, 0.29) is 10.0 Å². The molecule has 0 spiro atoms. The largest absolute Gasteiger partial charge is 0.573 e. The molecule has 0 aliphatic carbocycles. The molecule has 0 aromatic heterocycles. The van der Waals surface area contributed by atoms with E-state index in [4.69, 9.17) is 10.4 Å². The molecule has 90 valence electrons.